The number of H-pyrrole nitrogens is 1. The first-order valence-corrected chi connectivity index (χ1v) is 13.2. The Balaban J connectivity index is 1.19. The number of oxazole rings is 1. The van der Waals surface area contributed by atoms with Crippen molar-refractivity contribution in [3.63, 3.8) is 0 Å². The molecule has 11 nitrogen and oxygen atoms in total. The summed E-state index contributed by atoms with van der Waals surface area (Å²) in [6.45, 7) is 3.97. The van der Waals surface area contributed by atoms with Gasteiger partial charge in [0.15, 0.2) is 11.4 Å². The van der Waals surface area contributed by atoms with Crippen molar-refractivity contribution in [2.24, 2.45) is 0 Å². The van der Waals surface area contributed by atoms with Crippen molar-refractivity contribution in [2.45, 2.75) is 51.5 Å². The Morgan fingerprint density at radius 1 is 1.10 bits per heavy atom. The van der Waals surface area contributed by atoms with E-state index < -0.39 is 5.82 Å². The molecule has 6 aromatic rings. The number of fused-ring (bicyclic) bond motifs is 2. The van der Waals surface area contributed by atoms with Gasteiger partial charge < -0.3 is 20.0 Å². The number of aromatic amines is 1. The van der Waals surface area contributed by atoms with Crippen molar-refractivity contribution in [1.82, 2.24) is 40.1 Å². The molecule has 4 heterocycles. The summed E-state index contributed by atoms with van der Waals surface area (Å²) in [6.07, 6.45) is 7.20. The number of nitrogens with zero attached hydrogens (tertiary/aromatic N) is 7. The number of halogens is 1. The van der Waals surface area contributed by atoms with E-state index in [0.717, 1.165) is 59.4 Å². The molecule has 0 unspecified atom stereocenters. The quantitative estimate of drug-likeness (QED) is 0.250. The number of rotatable bonds is 5. The van der Waals surface area contributed by atoms with Crippen LogP contribution in [0.5, 0.6) is 0 Å². The summed E-state index contributed by atoms with van der Waals surface area (Å²) in [5.41, 5.74) is 12.3. The highest BCUT2D eigenvalue weighted by Gasteiger charge is 2.28. The zero-order chi connectivity index (χ0) is 27.4. The zero-order valence-corrected chi connectivity index (χ0v) is 22.0. The number of anilines is 3. The summed E-state index contributed by atoms with van der Waals surface area (Å²) in [5.74, 6) is 0.957. The molecule has 0 spiro atoms. The fourth-order valence-electron chi connectivity index (χ4n) is 5.89. The molecule has 7 rings (SSSR count). The van der Waals surface area contributed by atoms with Gasteiger partial charge in [-0.05, 0) is 74.4 Å². The van der Waals surface area contributed by atoms with Gasteiger partial charge >= 0.3 is 0 Å². The first-order chi connectivity index (χ1) is 19.4. The third-order valence-corrected chi connectivity index (χ3v) is 7.80. The molecule has 0 bridgehead atoms. The van der Waals surface area contributed by atoms with Crippen LogP contribution in [0.2, 0.25) is 0 Å². The summed E-state index contributed by atoms with van der Waals surface area (Å²) in [7, 11) is 0. The third kappa shape index (κ3) is 4.12. The second-order valence-corrected chi connectivity index (χ2v) is 10.5. The van der Waals surface area contributed by atoms with E-state index in [4.69, 9.17) is 10.2 Å². The van der Waals surface area contributed by atoms with E-state index in [1.165, 1.54) is 12.4 Å². The van der Waals surface area contributed by atoms with Crippen LogP contribution in [0.15, 0.2) is 47.3 Å². The van der Waals surface area contributed by atoms with Crippen molar-refractivity contribution in [3.8, 4) is 11.1 Å². The number of nitrogens with two attached hydrogens (primary N) is 1. The van der Waals surface area contributed by atoms with Crippen LogP contribution in [-0.4, -0.2) is 40.1 Å². The van der Waals surface area contributed by atoms with Crippen molar-refractivity contribution in [1.29, 1.82) is 0 Å². The molecule has 0 saturated heterocycles. The Morgan fingerprint density at radius 2 is 1.95 bits per heavy atom. The average molecular weight is 539 g/mol. The maximum absolute atomic E-state index is 15.4. The molecule has 0 amide bonds. The number of aromatic nitrogens is 8. The Labute approximate surface area is 228 Å². The fraction of sp³-hybridized carbons (Fsp3) is 0.286. The van der Waals surface area contributed by atoms with E-state index in [9.17, 15) is 0 Å². The fourth-order valence-corrected chi connectivity index (χ4v) is 5.89. The van der Waals surface area contributed by atoms with Crippen molar-refractivity contribution in [2.75, 3.05) is 11.1 Å². The van der Waals surface area contributed by atoms with Crippen LogP contribution in [0.3, 0.4) is 0 Å². The molecule has 2 aromatic carbocycles. The van der Waals surface area contributed by atoms with E-state index in [1.54, 1.807) is 6.07 Å². The van der Waals surface area contributed by atoms with Gasteiger partial charge in [-0.2, -0.15) is 10.2 Å². The van der Waals surface area contributed by atoms with Crippen molar-refractivity contribution < 1.29 is 8.81 Å². The summed E-state index contributed by atoms with van der Waals surface area (Å²) < 4.78 is 23.5. The monoisotopic (exact) mass is 538 g/mol. The van der Waals surface area contributed by atoms with Crippen molar-refractivity contribution >= 4 is 39.7 Å². The lowest BCUT2D eigenvalue weighted by Gasteiger charge is -2.28. The van der Waals surface area contributed by atoms with Gasteiger partial charge in [-0.1, -0.05) is 17.3 Å². The molecule has 40 heavy (non-hydrogen) atoms. The van der Waals surface area contributed by atoms with Crippen LogP contribution in [-0.2, 0) is 0 Å². The van der Waals surface area contributed by atoms with E-state index in [-0.39, 0.29) is 23.7 Å². The molecule has 0 aliphatic heterocycles. The van der Waals surface area contributed by atoms with Gasteiger partial charge in [0, 0.05) is 23.7 Å². The highest BCUT2D eigenvalue weighted by Crippen LogP contribution is 2.41. The standard InChI is InChI=1S/C28H27FN10O/c1-14-9-15(2)24-22(10-14)34-28(40-24)33-21-8-5-17(11-20(21)29)19-12-39(27-23(19)25(30)31-13-32-27)18-6-3-16(4-7-18)26-35-37-38-36-26/h5,8-13,16,18H,3-4,6-7H2,1-2H3,(H,33,34)(H2,30,31,32)(H,35,36,37,38)/t16-,18-. The van der Waals surface area contributed by atoms with Gasteiger partial charge in [-0.15, -0.1) is 10.2 Å². The SMILES string of the molecule is Cc1cc(C)c2oc(Nc3ccc(-c4cn([C@H]5CC[C@H](c6nn[nH]n6)CC5)c5ncnc(N)c45)cc3F)nc2c1. The molecule has 1 saturated carbocycles. The first kappa shape index (κ1) is 24.2. The molecule has 4 aromatic heterocycles. The second kappa shape index (κ2) is 9.40. The van der Waals surface area contributed by atoms with Crippen LogP contribution in [0, 0.1) is 19.7 Å². The highest BCUT2D eigenvalue weighted by atomic mass is 19.1. The van der Waals surface area contributed by atoms with E-state index >= 15 is 4.39 Å². The minimum absolute atomic E-state index is 0.214. The largest absolute Gasteiger partial charge is 0.423 e. The maximum Gasteiger partial charge on any atom is 0.300 e. The van der Waals surface area contributed by atoms with Gasteiger partial charge in [-0.3, -0.25) is 0 Å². The topological polar surface area (TPSA) is 149 Å². The Bertz CT molecular complexity index is 1850. The number of tetrazole rings is 1. The average Bonchev–Trinajstić information content (AvgIpc) is 3.69. The highest BCUT2D eigenvalue weighted by molar-refractivity contribution is 6.00. The minimum atomic E-state index is -0.440. The summed E-state index contributed by atoms with van der Waals surface area (Å²) in [5, 5.41) is 18.3. The molecular formula is C28H27FN10O. The van der Waals surface area contributed by atoms with Crippen LogP contribution in [0.25, 0.3) is 33.3 Å². The van der Waals surface area contributed by atoms with Crippen LogP contribution in [0.4, 0.5) is 21.9 Å². The van der Waals surface area contributed by atoms with Gasteiger partial charge in [0.1, 0.15) is 29.1 Å². The number of hydrogen-bond acceptors (Lipinski definition) is 9. The molecule has 1 fully saturated rings. The van der Waals surface area contributed by atoms with Gasteiger partial charge in [0.05, 0.1) is 11.1 Å². The summed E-state index contributed by atoms with van der Waals surface area (Å²) >= 11 is 0. The Hall–Kier alpha value is -4.87. The number of benzene rings is 2. The molecule has 4 N–H and O–H groups in total. The lowest BCUT2D eigenvalue weighted by atomic mass is 9.85. The molecule has 1 aliphatic rings. The second-order valence-electron chi connectivity index (χ2n) is 10.5. The van der Waals surface area contributed by atoms with Gasteiger partial charge in [-0.25, -0.2) is 14.4 Å². The van der Waals surface area contributed by atoms with E-state index in [0.29, 0.717) is 22.4 Å². The number of aryl methyl sites for hydroxylation is 2. The normalized spacial score (nSPS) is 17.6. The van der Waals surface area contributed by atoms with Crippen LogP contribution >= 0.6 is 0 Å². The Kier molecular flexibility index (Phi) is 5.68. The molecule has 0 atom stereocenters. The first-order valence-electron chi connectivity index (χ1n) is 13.2. The summed E-state index contributed by atoms with van der Waals surface area (Å²) in [4.78, 5) is 13.3. The molecule has 12 heteroatoms. The molecule has 202 valence electrons. The lowest BCUT2D eigenvalue weighted by Crippen LogP contribution is -2.18. The van der Waals surface area contributed by atoms with E-state index in [2.05, 4.69) is 45.5 Å². The number of nitrogen functional groups attached to an aromatic ring is 1. The summed E-state index contributed by atoms with van der Waals surface area (Å²) in [6, 6.07) is 9.43. The Morgan fingerprint density at radius 3 is 2.73 bits per heavy atom. The predicted molar refractivity (Wildman–Crippen MR) is 149 cm³/mol. The lowest BCUT2D eigenvalue weighted by molar-refractivity contribution is 0.322. The van der Waals surface area contributed by atoms with Crippen LogP contribution < -0.4 is 11.1 Å². The van der Waals surface area contributed by atoms with Gasteiger partial charge in [0.25, 0.3) is 6.01 Å². The third-order valence-electron chi connectivity index (χ3n) is 7.80. The van der Waals surface area contributed by atoms with Gasteiger partial charge in [0.2, 0.25) is 0 Å². The molecule has 1 aliphatic carbocycles. The minimum Gasteiger partial charge on any atom is -0.423 e. The van der Waals surface area contributed by atoms with Crippen LogP contribution in [0.1, 0.15) is 54.6 Å². The molecular weight excluding hydrogens is 511 g/mol. The zero-order valence-electron chi connectivity index (χ0n) is 22.0. The van der Waals surface area contributed by atoms with E-state index in [1.807, 2.05) is 38.2 Å². The number of nitrogens with one attached hydrogen (secondary N) is 2. The molecule has 0 radical (unpaired) electrons. The predicted octanol–water partition coefficient (Wildman–Crippen LogP) is 5.73. The number of hydrogen-bond donors (Lipinski definition) is 3. The smallest absolute Gasteiger partial charge is 0.300 e. The maximum atomic E-state index is 15.4. The van der Waals surface area contributed by atoms with Crippen molar-refractivity contribution in [3.05, 3.63) is 65.6 Å².